The molecular formula is C18H19N3O4S. The maximum atomic E-state index is 12.3. The van der Waals surface area contributed by atoms with Crippen LogP contribution in [-0.4, -0.2) is 32.3 Å². The standard InChI is InChI=1S/C18H19N3O4S/c1-13-6-3-4-9-16(13)26(22,23)19-11-10-17-20-21-18(25-17)14-7-5-8-15(12-14)24-2/h3-9,12,19H,10-11H2,1-2H3. The SMILES string of the molecule is COc1cccc(-c2nnc(CCNS(=O)(=O)c3ccccc3C)o2)c1. The summed E-state index contributed by atoms with van der Waals surface area (Å²) in [6, 6.07) is 14.1. The van der Waals surface area contributed by atoms with Gasteiger partial charge in [-0.2, -0.15) is 0 Å². The van der Waals surface area contributed by atoms with Crippen LogP contribution in [0.5, 0.6) is 5.75 Å². The molecule has 0 atom stereocenters. The van der Waals surface area contributed by atoms with E-state index in [-0.39, 0.29) is 11.4 Å². The van der Waals surface area contributed by atoms with Crippen LogP contribution in [0.3, 0.4) is 0 Å². The molecule has 3 aromatic rings. The van der Waals surface area contributed by atoms with Gasteiger partial charge in [0.1, 0.15) is 5.75 Å². The summed E-state index contributed by atoms with van der Waals surface area (Å²) >= 11 is 0. The van der Waals surface area contributed by atoms with Crippen molar-refractivity contribution in [2.45, 2.75) is 18.2 Å². The van der Waals surface area contributed by atoms with E-state index in [0.29, 0.717) is 29.5 Å². The van der Waals surface area contributed by atoms with Crippen LogP contribution in [0.15, 0.2) is 57.8 Å². The van der Waals surface area contributed by atoms with Crippen molar-refractivity contribution in [3.8, 4) is 17.2 Å². The van der Waals surface area contributed by atoms with E-state index in [0.717, 1.165) is 5.56 Å². The van der Waals surface area contributed by atoms with Gasteiger partial charge in [0.25, 0.3) is 0 Å². The van der Waals surface area contributed by atoms with Gasteiger partial charge in [-0.05, 0) is 36.8 Å². The smallest absolute Gasteiger partial charge is 0.247 e. The monoisotopic (exact) mass is 373 g/mol. The van der Waals surface area contributed by atoms with E-state index in [4.69, 9.17) is 9.15 Å². The predicted molar refractivity (Wildman–Crippen MR) is 96.4 cm³/mol. The average Bonchev–Trinajstić information content (AvgIpc) is 3.11. The molecule has 1 aromatic heterocycles. The van der Waals surface area contributed by atoms with Crippen molar-refractivity contribution in [3.05, 3.63) is 60.0 Å². The summed E-state index contributed by atoms with van der Waals surface area (Å²) in [6.45, 7) is 1.92. The van der Waals surface area contributed by atoms with Crippen molar-refractivity contribution in [1.82, 2.24) is 14.9 Å². The van der Waals surface area contributed by atoms with Gasteiger partial charge in [0, 0.05) is 18.5 Å². The molecule has 0 saturated carbocycles. The molecule has 3 rings (SSSR count). The first-order chi connectivity index (χ1) is 12.5. The van der Waals surface area contributed by atoms with E-state index in [1.807, 2.05) is 18.2 Å². The Kier molecular flexibility index (Phi) is 5.34. The highest BCUT2D eigenvalue weighted by Crippen LogP contribution is 2.22. The molecule has 0 aliphatic rings. The lowest BCUT2D eigenvalue weighted by atomic mass is 10.2. The summed E-state index contributed by atoms with van der Waals surface area (Å²) in [5, 5.41) is 7.97. The van der Waals surface area contributed by atoms with Crippen LogP contribution in [0, 0.1) is 6.92 Å². The Balaban J connectivity index is 1.64. The summed E-state index contributed by atoms with van der Waals surface area (Å²) in [4.78, 5) is 0.266. The molecule has 136 valence electrons. The van der Waals surface area contributed by atoms with Crippen molar-refractivity contribution < 1.29 is 17.6 Å². The molecule has 0 aliphatic carbocycles. The Bertz CT molecular complexity index is 999. The first kappa shape index (κ1) is 18.1. The molecule has 0 radical (unpaired) electrons. The largest absolute Gasteiger partial charge is 0.497 e. The lowest BCUT2D eigenvalue weighted by molar-refractivity contribution is 0.414. The highest BCUT2D eigenvalue weighted by atomic mass is 32.2. The summed E-state index contributed by atoms with van der Waals surface area (Å²) in [5.74, 6) is 1.41. The molecule has 0 aliphatic heterocycles. The first-order valence-electron chi connectivity index (χ1n) is 8.02. The second-order valence-corrected chi connectivity index (χ2v) is 7.38. The summed E-state index contributed by atoms with van der Waals surface area (Å²) in [7, 11) is -1.99. The molecule has 1 N–H and O–H groups in total. The predicted octanol–water partition coefficient (Wildman–Crippen LogP) is 2.57. The molecule has 0 spiro atoms. The van der Waals surface area contributed by atoms with Gasteiger partial charge in [-0.3, -0.25) is 0 Å². The van der Waals surface area contributed by atoms with Gasteiger partial charge in [0.2, 0.25) is 21.8 Å². The number of hydrogen-bond acceptors (Lipinski definition) is 6. The molecule has 8 heteroatoms. The van der Waals surface area contributed by atoms with E-state index in [2.05, 4.69) is 14.9 Å². The Morgan fingerprint density at radius 2 is 1.92 bits per heavy atom. The molecule has 7 nitrogen and oxygen atoms in total. The third-order valence-electron chi connectivity index (χ3n) is 3.80. The summed E-state index contributed by atoms with van der Waals surface area (Å²) in [6.07, 6.45) is 0.294. The molecule has 2 aromatic carbocycles. The molecule has 0 fully saturated rings. The maximum absolute atomic E-state index is 12.3. The second kappa shape index (κ2) is 7.67. The number of methoxy groups -OCH3 is 1. The fourth-order valence-electron chi connectivity index (χ4n) is 2.46. The minimum absolute atomic E-state index is 0.163. The van der Waals surface area contributed by atoms with Gasteiger partial charge in [0.15, 0.2) is 0 Å². The van der Waals surface area contributed by atoms with Crippen LogP contribution in [0.2, 0.25) is 0 Å². The van der Waals surface area contributed by atoms with Gasteiger partial charge in [0.05, 0.1) is 12.0 Å². The van der Waals surface area contributed by atoms with E-state index >= 15 is 0 Å². The van der Waals surface area contributed by atoms with Gasteiger partial charge >= 0.3 is 0 Å². The fraction of sp³-hybridized carbons (Fsp3) is 0.222. The number of sulfonamides is 1. The molecule has 0 unspecified atom stereocenters. The van der Waals surface area contributed by atoms with Crippen LogP contribution in [0.1, 0.15) is 11.5 Å². The lowest BCUT2D eigenvalue weighted by Gasteiger charge is -2.07. The zero-order valence-electron chi connectivity index (χ0n) is 14.5. The number of rotatable bonds is 7. The van der Waals surface area contributed by atoms with Crippen LogP contribution in [0.4, 0.5) is 0 Å². The molecule has 0 bridgehead atoms. The van der Waals surface area contributed by atoms with Crippen molar-refractivity contribution in [2.75, 3.05) is 13.7 Å². The first-order valence-corrected chi connectivity index (χ1v) is 9.50. The topological polar surface area (TPSA) is 94.3 Å². The highest BCUT2D eigenvalue weighted by molar-refractivity contribution is 7.89. The number of aryl methyl sites for hydroxylation is 1. The molecule has 26 heavy (non-hydrogen) atoms. The maximum Gasteiger partial charge on any atom is 0.247 e. The van der Waals surface area contributed by atoms with Crippen LogP contribution >= 0.6 is 0 Å². The van der Waals surface area contributed by atoms with E-state index in [1.165, 1.54) is 0 Å². The van der Waals surface area contributed by atoms with Crippen LogP contribution in [-0.2, 0) is 16.4 Å². The quantitative estimate of drug-likeness (QED) is 0.684. The molecule has 1 heterocycles. The van der Waals surface area contributed by atoms with E-state index in [1.54, 1.807) is 44.4 Å². The Hall–Kier alpha value is -2.71. The number of nitrogens with one attached hydrogen (secondary N) is 1. The van der Waals surface area contributed by atoms with Crippen molar-refractivity contribution >= 4 is 10.0 Å². The third-order valence-corrected chi connectivity index (χ3v) is 5.42. The number of benzene rings is 2. The number of nitrogens with zero attached hydrogens (tertiary/aromatic N) is 2. The molecule has 0 amide bonds. The van der Waals surface area contributed by atoms with Crippen molar-refractivity contribution in [2.24, 2.45) is 0 Å². The number of aromatic nitrogens is 2. The van der Waals surface area contributed by atoms with Crippen molar-refractivity contribution in [3.63, 3.8) is 0 Å². The third kappa shape index (κ3) is 4.09. The van der Waals surface area contributed by atoms with Gasteiger partial charge in [-0.25, -0.2) is 13.1 Å². The molecule has 0 saturated heterocycles. The Morgan fingerprint density at radius 3 is 2.69 bits per heavy atom. The van der Waals surface area contributed by atoms with Gasteiger partial charge in [-0.1, -0.05) is 24.3 Å². The van der Waals surface area contributed by atoms with Crippen LogP contribution < -0.4 is 9.46 Å². The minimum atomic E-state index is -3.57. The Morgan fingerprint density at radius 1 is 1.12 bits per heavy atom. The second-order valence-electron chi connectivity index (χ2n) is 5.65. The van der Waals surface area contributed by atoms with Gasteiger partial charge in [-0.15, -0.1) is 10.2 Å². The lowest BCUT2D eigenvalue weighted by Crippen LogP contribution is -2.26. The summed E-state index contributed by atoms with van der Waals surface area (Å²) < 4.78 is 38.0. The summed E-state index contributed by atoms with van der Waals surface area (Å²) in [5.41, 5.74) is 1.43. The minimum Gasteiger partial charge on any atom is -0.497 e. The van der Waals surface area contributed by atoms with Gasteiger partial charge < -0.3 is 9.15 Å². The number of hydrogen-bond donors (Lipinski definition) is 1. The number of ether oxygens (including phenoxy) is 1. The highest BCUT2D eigenvalue weighted by Gasteiger charge is 2.16. The van der Waals surface area contributed by atoms with Crippen LogP contribution in [0.25, 0.3) is 11.5 Å². The van der Waals surface area contributed by atoms with E-state index in [9.17, 15) is 8.42 Å². The Labute approximate surface area is 152 Å². The zero-order valence-corrected chi connectivity index (χ0v) is 15.3. The molecular weight excluding hydrogens is 354 g/mol. The normalized spacial score (nSPS) is 11.5. The van der Waals surface area contributed by atoms with Crippen molar-refractivity contribution in [1.29, 1.82) is 0 Å². The fourth-order valence-corrected chi connectivity index (χ4v) is 3.73. The van der Waals surface area contributed by atoms with E-state index < -0.39 is 10.0 Å². The zero-order chi connectivity index (χ0) is 18.6. The average molecular weight is 373 g/mol.